The number of aromatic nitrogens is 1. The predicted octanol–water partition coefficient (Wildman–Crippen LogP) is 3.57. The van der Waals surface area contributed by atoms with E-state index in [0.29, 0.717) is 6.54 Å². The Balaban J connectivity index is 2.08. The molecular formula is C15H27N3S. The third-order valence-corrected chi connectivity index (χ3v) is 5.32. The van der Waals surface area contributed by atoms with Crippen molar-refractivity contribution in [1.82, 2.24) is 4.98 Å². The maximum absolute atomic E-state index is 5.85. The number of hydrogen-bond acceptors (Lipinski definition) is 4. The van der Waals surface area contributed by atoms with Crippen molar-refractivity contribution in [3.63, 3.8) is 0 Å². The topological polar surface area (TPSA) is 42.2 Å². The van der Waals surface area contributed by atoms with Crippen molar-refractivity contribution in [3.05, 3.63) is 10.6 Å². The standard InChI is InChI=1S/C15H27N3S/c1-3-6-13-14(11-16)19-15(17-13)18-9-5-7-12(4-2)8-10-18/h12H,3-11,16H2,1-2H3. The van der Waals surface area contributed by atoms with Gasteiger partial charge in [-0.15, -0.1) is 11.3 Å². The highest BCUT2D eigenvalue weighted by atomic mass is 32.1. The van der Waals surface area contributed by atoms with Crippen LogP contribution in [0.2, 0.25) is 0 Å². The van der Waals surface area contributed by atoms with Gasteiger partial charge in [0, 0.05) is 24.5 Å². The molecule has 1 aromatic rings. The summed E-state index contributed by atoms with van der Waals surface area (Å²) in [6.07, 6.45) is 7.53. The van der Waals surface area contributed by atoms with Crippen molar-refractivity contribution < 1.29 is 0 Å². The normalized spacial score (nSPS) is 20.6. The van der Waals surface area contributed by atoms with E-state index in [1.54, 1.807) is 0 Å². The van der Waals surface area contributed by atoms with E-state index in [1.807, 2.05) is 11.3 Å². The molecule has 0 radical (unpaired) electrons. The summed E-state index contributed by atoms with van der Waals surface area (Å²) in [6, 6.07) is 0. The number of anilines is 1. The first kappa shape index (κ1) is 14.8. The van der Waals surface area contributed by atoms with E-state index < -0.39 is 0 Å². The molecular weight excluding hydrogens is 254 g/mol. The van der Waals surface area contributed by atoms with Crippen LogP contribution in [0.4, 0.5) is 5.13 Å². The third kappa shape index (κ3) is 3.69. The molecule has 1 saturated heterocycles. The van der Waals surface area contributed by atoms with Gasteiger partial charge >= 0.3 is 0 Å². The summed E-state index contributed by atoms with van der Waals surface area (Å²) in [5.74, 6) is 0.911. The molecule has 1 aliphatic heterocycles. The summed E-state index contributed by atoms with van der Waals surface area (Å²) in [6.45, 7) is 7.49. The molecule has 19 heavy (non-hydrogen) atoms. The first-order valence-electron chi connectivity index (χ1n) is 7.72. The Morgan fingerprint density at radius 1 is 1.32 bits per heavy atom. The second-order valence-corrected chi connectivity index (χ2v) is 6.57. The van der Waals surface area contributed by atoms with Crippen molar-refractivity contribution in [2.24, 2.45) is 11.7 Å². The summed E-state index contributed by atoms with van der Waals surface area (Å²) in [4.78, 5) is 8.62. The summed E-state index contributed by atoms with van der Waals surface area (Å²) in [5, 5.41) is 1.21. The van der Waals surface area contributed by atoms with Gasteiger partial charge in [-0.1, -0.05) is 26.7 Å². The third-order valence-electron chi connectivity index (χ3n) is 4.13. The molecule has 108 valence electrons. The Bertz CT molecular complexity index is 389. The molecule has 0 saturated carbocycles. The lowest BCUT2D eigenvalue weighted by molar-refractivity contribution is 0.459. The molecule has 2 rings (SSSR count). The quantitative estimate of drug-likeness (QED) is 0.897. The van der Waals surface area contributed by atoms with E-state index in [2.05, 4.69) is 18.7 Å². The lowest BCUT2D eigenvalue weighted by Gasteiger charge is -2.19. The van der Waals surface area contributed by atoms with Gasteiger partial charge in [0.05, 0.1) is 5.69 Å². The molecule has 3 nitrogen and oxygen atoms in total. The fourth-order valence-corrected chi connectivity index (χ4v) is 3.90. The number of rotatable bonds is 5. The fraction of sp³-hybridized carbons (Fsp3) is 0.800. The van der Waals surface area contributed by atoms with Crippen LogP contribution in [0.15, 0.2) is 0 Å². The Hall–Kier alpha value is -0.610. The molecule has 1 aliphatic rings. The first-order valence-corrected chi connectivity index (χ1v) is 8.53. The minimum atomic E-state index is 0.637. The average Bonchev–Trinajstić information content (AvgIpc) is 2.68. The fourth-order valence-electron chi connectivity index (χ4n) is 2.86. The summed E-state index contributed by atoms with van der Waals surface area (Å²) in [5.41, 5.74) is 7.09. The average molecular weight is 281 g/mol. The van der Waals surface area contributed by atoms with Crippen molar-refractivity contribution in [1.29, 1.82) is 0 Å². The molecule has 0 bridgehead atoms. The van der Waals surface area contributed by atoms with E-state index in [4.69, 9.17) is 10.7 Å². The SMILES string of the molecule is CCCc1nc(N2CCCC(CC)CC2)sc1CN. The highest BCUT2D eigenvalue weighted by Gasteiger charge is 2.19. The Labute approximate surface area is 121 Å². The van der Waals surface area contributed by atoms with Crippen LogP contribution in [0, 0.1) is 5.92 Å². The molecule has 0 spiro atoms. The van der Waals surface area contributed by atoms with Crippen LogP contribution in [-0.2, 0) is 13.0 Å². The zero-order valence-electron chi connectivity index (χ0n) is 12.3. The Morgan fingerprint density at radius 2 is 2.16 bits per heavy atom. The van der Waals surface area contributed by atoms with Crippen molar-refractivity contribution in [3.8, 4) is 0 Å². The summed E-state index contributed by atoms with van der Waals surface area (Å²) < 4.78 is 0. The van der Waals surface area contributed by atoms with Gasteiger partial charge in [0.25, 0.3) is 0 Å². The van der Waals surface area contributed by atoms with E-state index in [-0.39, 0.29) is 0 Å². The van der Waals surface area contributed by atoms with Crippen molar-refractivity contribution in [2.45, 2.75) is 58.9 Å². The summed E-state index contributed by atoms with van der Waals surface area (Å²) >= 11 is 1.81. The molecule has 1 fully saturated rings. The lowest BCUT2D eigenvalue weighted by atomic mass is 9.98. The second-order valence-electron chi connectivity index (χ2n) is 5.51. The molecule has 1 unspecified atom stereocenters. The number of nitrogens with two attached hydrogens (primary N) is 1. The van der Waals surface area contributed by atoms with Crippen molar-refractivity contribution >= 4 is 16.5 Å². The van der Waals surface area contributed by atoms with Gasteiger partial charge in [-0.05, 0) is 31.6 Å². The smallest absolute Gasteiger partial charge is 0.185 e. The highest BCUT2D eigenvalue weighted by molar-refractivity contribution is 7.15. The van der Waals surface area contributed by atoms with Gasteiger partial charge in [-0.25, -0.2) is 4.98 Å². The maximum Gasteiger partial charge on any atom is 0.185 e. The highest BCUT2D eigenvalue weighted by Crippen LogP contribution is 2.30. The van der Waals surface area contributed by atoms with Gasteiger partial charge in [0.2, 0.25) is 0 Å². The lowest BCUT2D eigenvalue weighted by Crippen LogP contribution is -2.24. The number of hydrogen-bond donors (Lipinski definition) is 1. The molecule has 2 N–H and O–H groups in total. The van der Waals surface area contributed by atoms with Gasteiger partial charge in [-0.3, -0.25) is 0 Å². The van der Waals surface area contributed by atoms with Gasteiger partial charge in [0.15, 0.2) is 5.13 Å². The Morgan fingerprint density at radius 3 is 2.84 bits per heavy atom. The van der Waals surface area contributed by atoms with Gasteiger partial charge in [0.1, 0.15) is 0 Å². The number of thiazole rings is 1. The van der Waals surface area contributed by atoms with E-state index in [1.165, 1.54) is 54.5 Å². The van der Waals surface area contributed by atoms with Gasteiger partial charge < -0.3 is 10.6 Å². The van der Waals surface area contributed by atoms with E-state index in [0.717, 1.165) is 18.8 Å². The van der Waals surface area contributed by atoms with Gasteiger partial charge in [-0.2, -0.15) is 0 Å². The predicted molar refractivity (Wildman–Crippen MR) is 83.8 cm³/mol. The zero-order valence-corrected chi connectivity index (χ0v) is 13.1. The van der Waals surface area contributed by atoms with Crippen LogP contribution in [0.5, 0.6) is 0 Å². The van der Waals surface area contributed by atoms with Crippen LogP contribution >= 0.6 is 11.3 Å². The number of aryl methyl sites for hydroxylation is 1. The molecule has 0 aliphatic carbocycles. The van der Waals surface area contributed by atoms with Crippen LogP contribution in [-0.4, -0.2) is 18.1 Å². The van der Waals surface area contributed by atoms with Crippen molar-refractivity contribution in [2.75, 3.05) is 18.0 Å². The van der Waals surface area contributed by atoms with E-state index in [9.17, 15) is 0 Å². The minimum absolute atomic E-state index is 0.637. The molecule has 1 atom stereocenters. The van der Waals surface area contributed by atoms with Crippen LogP contribution in [0.25, 0.3) is 0 Å². The van der Waals surface area contributed by atoms with Crippen LogP contribution < -0.4 is 10.6 Å². The van der Waals surface area contributed by atoms with Crippen LogP contribution in [0.3, 0.4) is 0 Å². The zero-order chi connectivity index (χ0) is 13.7. The molecule has 4 heteroatoms. The molecule has 0 aromatic carbocycles. The first-order chi connectivity index (χ1) is 9.28. The Kier molecular flexibility index (Phi) is 5.64. The maximum atomic E-state index is 5.85. The second kappa shape index (κ2) is 7.25. The monoisotopic (exact) mass is 281 g/mol. The largest absolute Gasteiger partial charge is 0.348 e. The molecule has 2 heterocycles. The summed E-state index contributed by atoms with van der Waals surface area (Å²) in [7, 11) is 0. The van der Waals surface area contributed by atoms with Crippen LogP contribution in [0.1, 0.15) is 56.5 Å². The minimum Gasteiger partial charge on any atom is -0.348 e. The molecule has 0 amide bonds. The van der Waals surface area contributed by atoms with E-state index >= 15 is 0 Å². The number of nitrogens with zero attached hydrogens (tertiary/aromatic N) is 2. The molecule has 1 aromatic heterocycles.